The summed E-state index contributed by atoms with van der Waals surface area (Å²) in [7, 11) is 1.67. The molecule has 0 fully saturated rings. The number of fused-ring (bicyclic) bond motifs is 1. The molecule has 0 radical (unpaired) electrons. The van der Waals surface area contributed by atoms with Gasteiger partial charge >= 0.3 is 0 Å². The second-order valence-corrected chi connectivity index (χ2v) is 4.28. The van der Waals surface area contributed by atoms with E-state index in [1.807, 2.05) is 18.2 Å². The molecule has 0 saturated heterocycles. The van der Waals surface area contributed by atoms with Crippen LogP contribution in [0.1, 0.15) is 11.1 Å². The fourth-order valence-electron chi connectivity index (χ4n) is 1.87. The molecule has 18 heavy (non-hydrogen) atoms. The number of benzene rings is 1. The number of hydrogen-bond acceptors (Lipinski definition) is 3. The molecular formula is C14H17NO3. The summed E-state index contributed by atoms with van der Waals surface area (Å²) < 4.78 is 5.42. The van der Waals surface area contributed by atoms with Crippen molar-refractivity contribution >= 4 is 12.0 Å². The van der Waals surface area contributed by atoms with Crippen molar-refractivity contribution in [1.82, 2.24) is 4.90 Å². The molecule has 0 aliphatic carbocycles. The maximum atomic E-state index is 11.6. The molecular weight excluding hydrogens is 230 g/mol. The molecule has 0 spiro atoms. The topological polar surface area (TPSA) is 49.8 Å². The zero-order valence-electron chi connectivity index (χ0n) is 10.4. The normalized spacial score (nSPS) is 13.4. The third kappa shape index (κ3) is 2.90. The van der Waals surface area contributed by atoms with E-state index in [1.54, 1.807) is 13.1 Å². The molecule has 1 aromatic rings. The van der Waals surface area contributed by atoms with Crippen LogP contribution in [0.4, 0.5) is 0 Å². The Hall–Kier alpha value is -1.81. The average Bonchev–Trinajstić information content (AvgIpc) is 2.83. The fourth-order valence-corrected chi connectivity index (χ4v) is 1.87. The van der Waals surface area contributed by atoms with E-state index in [1.165, 1.54) is 16.5 Å². The second-order valence-electron chi connectivity index (χ2n) is 4.28. The number of carbonyl (C=O) groups is 1. The van der Waals surface area contributed by atoms with Gasteiger partial charge in [-0.1, -0.05) is 6.07 Å². The third-order valence-corrected chi connectivity index (χ3v) is 2.94. The quantitative estimate of drug-likeness (QED) is 0.810. The SMILES string of the molecule is CN(CCO)C(=O)/C=C/c1ccc2c(c1)CCO2. The van der Waals surface area contributed by atoms with E-state index < -0.39 is 0 Å². The third-order valence-electron chi connectivity index (χ3n) is 2.94. The number of hydrogen-bond donors (Lipinski definition) is 1. The maximum absolute atomic E-state index is 11.6. The molecule has 0 atom stereocenters. The van der Waals surface area contributed by atoms with Crippen LogP contribution in [0.5, 0.6) is 5.75 Å². The Labute approximate surface area is 106 Å². The summed E-state index contributed by atoms with van der Waals surface area (Å²) in [5.41, 5.74) is 2.18. The second kappa shape index (κ2) is 5.69. The number of aliphatic hydroxyl groups is 1. The predicted octanol–water partition coefficient (Wildman–Crippen LogP) is 1.09. The van der Waals surface area contributed by atoms with Crippen LogP contribution < -0.4 is 4.74 Å². The summed E-state index contributed by atoms with van der Waals surface area (Å²) >= 11 is 0. The number of rotatable bonds is 4. The molecule has 4 nitrogen and oxygen atoms in total. The van der Waals surface area contributed by atoms with Crippen LogP contribution in [0.3, 0.4) is 0 Å². The number of aliphatic hydroxyl groups excluding tert-OH is 1. The molecule has 0 unspecified atom stereocenters. The van der Waals surface area contributed by atoms with Crippen LogP contribution in [-0.4, -0.2) is 42.7 Å². The highest BCUT2D eigenvalue weighted by molar-refractivity contribution is 5.91. The first-order chi connectivity index (χ1) is 8.70. The molecule has 1 aliphatic rings. The first-order valence-electron chi connectivity index (χ1n) is 6.00. The van der Waals surface area contributed by atoms with Gasteiger partial charge in [0, 0.05) is 26.1 Å². The van der Waals surface area contributed by atoms with Crippen molar-refractivity contribution in [3.05, 3.63) is 35.4 Å². The summed E-state index contributed by atoms with van der Waals surface area (Å²) in [4.78, 5) is 13.1. The molecule has 1 N–H and O–H groups in total. The Morgan fingerprint density at radius 2 is 2.39 bits per heavy atom. The van der Waals surface area contributed by atoms with Gasteiger partial charge in [-0.2, -0.15) is 0 Å². The van der Waals surface area contributed by atoms with E-state index in [4.69, 9.17) is 9.84 Å². The van der Waals surface area contributed by atoms with Gasteiger partial charge in [0.2, 0.25) is 5.91 Å². The van der Waals surface area contributed by atoms with Gasteiger partial charge in [-0.15, -0.1) is 0 Å². The molecule has 0 bridgehead atoms. The minimum Gasteiger partial charge on any atom is -0.493 e. The number of carbonyl (C=O) groups excluding carboxylic acids is 1. The molecule has 0 aromatic heterocycles. The highest BCUT2D eigenvalue weighted by Gasteiger charge is 2.11. The zero-order valence-corrected chi connectivity index (χ0v) is 10.4. The van der Waals surface area contributed by atoms with Gasteiger partial charge in [0.25, 0.3) is 0 Å². The smallest absolute Gasteiger partial charge is 0.246 e. The van der Waals surface area contributed by atoms with Crippen molar-refractivity contribution in [3.8, 4) is 5.75 Å². The Balaban J connectivity index is 2.03. The summed E-state index contributed by atoms with van der Waals surface area (Å²) in [5.74, 6) is 0.830. The standard InChI is InChI=1S/C14H17NO3/c1-15(7-8-16)14(17)5-3-11-2-4-13-12(10-11)6-9-18-13/h2-5,10,16H,6-9H2,1H3/b5-3+. The first-order valence-corrected chi connectivity index (χ1v) is 6.00. The molecule has 0 saturated carbocycles. The molecule has 2 rings (SSSR count). The van der Waals surface area contributed by atoms with E-state index in [9.17, 15) is 4.79 Å². The Morgan fingerprint density at radius 3 is 3.17 bits per heavy atom. The van der Waals surface area contributed by atoms with E-state index in [0.717, 1.165) is 24.3 Å². The van der Waals surface area contributed by atoms with Crippen molar-refractivity contribution in [2.75, 3.05) is 26.8 Å². The van der Waals surface area contributed by atoms with Crippen molar-refractivity contribution in [2.24, 2.45) is 0 Å². The fraction of sp³-hybridized carbons (Fsp3) is 0.357. The Morgan fingerprint density at radius 1 is 1.56 bits per heavy atom. The van der Waals surface area contributed by atoms with Crippen molar-refractivity contribution in [3.63, 3.8) is 0 Å². The van der Waals surface area contributed by atoms with E-state index in [-0.39, 0.29) is 12.5 Å². The highest BCUT2D eigenvalue weighted by Crippen LogP contribution is 2.26. The first kappa shape index (κ1) is 12.6. The predicted molar refractivity (Wildman–Crippen MR) is 69.4 cm³/mol. The molecule has 4 heteroatoms. The number of ether oxygens (including phenoxy) is 1. The minimum absolute atomic E-state index is 0.0216. The van der Waals surface area contributed by atoms with E-state index in [0.29, 0.717) is 6.54 Å². The van der Waals surface area contributed by atoms with Crippen LogP contribution in [0.25, 0.3) is 6.08 Å². The van der Waals surface area contributed by atoms with Gasteiger partial charge in [0.05, 0.1) is 13.2 Å². The highest BCUT2D eigenvalue weighted by atomic mass is 16.5. The summed E-state index contributed by atoms with van der Waals surface area (Å²) in [6, 6.07) is 5.90. The van der Waals surface area contributed by atoms with Crippen molar-refractivity contribution in [1.29, 1.82) is 0 Å². The minimum atomic E-state index is -0.110. The molecule has 1 amide bonds. The van der Waals surface area contributed by atoms with Gasteiger partial charge in [-0.3, -0.25) is 4.79 Å². The van der Waals surface area contributed by atoms with Crippen LogP contribution in [0.2, 0.25) is 0 Å². The molecule has 96 valence electrons. The van der Waals surface area contributed by atoms with Crippen LogP contribution in [-0.2, 0) is 11.2 Å². The number of amides is 1. The molecule has 1 aliphatic heterocycles. The van der Waals surface area contributed by atoms with E-state index >= 15 is 0 Å². The lowest BCUT2D eigenvalue weighted by Gasteiger charge is -2.12. The van der Waals surface area contributed by atoms with Crippen molar-refractivity contribution in [2.45, 2.75) is 6.42 Å². The van der Waals surface area contributed by atoms with Crippen molar-refractivity contribution < 1.29 is 14.6 Å². The molecule has 1 heterocycles. The lowest BCUT2D eigenvalue weighted by Crippen LogP contribution is -2.27. The largest absolute Gasteiger partial charge is 0.493 e. The van der Waals surface area contributed by atoms with Crippen LogP contribution >= 0.6 is 0 Å². The van der Waals surface area contributed by atoms with Gasteiger partial charge in [-0.05, 0) is 29.3 Å². The van der Waals surface area contributed by atoms with Crippen LogP contribution in [0.15, 0.2) is 24.3 Å². The van der Waals surface area contributed by atoms with E-state index in [2.05, 4.69) is 0 Å². The lowest BCUT2D eigenvalue weighted by atomic mass is 10.1. The number of likely N-dealkylation sites (N-methyl/N-ethyl adjacent to an activating group) is 1. The summed E-state index contributed by atoms with van der Waals surface area (Å²) in [6.45, 7) is 1.06. The Bertz CT molecular complexity index is 468. The van der Waals surface area contributed by atoms with Crippen LogP contribution in [0, 0.1) is 0 Å². The monoisotopic (exact) mass is 247 g/mol. The maximum Gasteiger partial charge on any atom is 0.246 e. The Kier molecular flexibility index (Phi) is 3.99. The van der Waals surface area contributed by atoms with Gasteiger partial charge in [-0.25, -0.2) is 0 Å². The summed E-state index contributed by atoms with van der Waals surface area (Å²) in [6.07, 6.45) is 4.23. The van der Waals surface area contributed by atoms with Gasteiger partial charge in [0.1, 0.15) is 5.75 Å². The number of nitrogens with zero attached hydrogens (tertiary/aromatic N) is 1. The summed E-state index contributed by atoms with van der Waals surface area (Å²) in [5, 5.41) is 8.74. The van der Waals surface area contributed by atoms with Gasteiger partial charge < -0.3 is 14.7 Å². The zero-order chi connectivity index (χ0) is 13.0. The lowest BCUT2D eigenvalue weighted by molar-refractivity contribution is -0.125. The van der Waals surface area contributed by atoms with Gasteiger partial charge in [0.15, 0.2) is 0 Å². The average molecular weight is 247 g/mol. The molecule has 1 aromatic carbocycles.